The summed E-state index contributed by atoms with van der Waals surface area (Å²) in [6, 6.07) is 9.57. The molecule has 122 valence electrons. The van der Waals surface area contributed by atoms with Gasteiger partial charge in [0.05, 0.1) is 11.9 Å². The fourth-order valence-corrected chi connectivity index (χ4v) is 2.86. The number of carbonyl (C=O) groups is 1. The van der Waals surface area contributed by atoms with Crippen LogP contribution in [0.1, 0.15) is 46.2 Å². The first-order chi connectivity index (χ1) is 11.1. The van der Waals surface area contributed by atoms with Crippen LogP contribution in [-0.2, 0) is 12.8 Å². The van der Waals surface area contributed by atoms with E-state index >= 15 is 0 Å². The molecule has 1 aliphatic carbocycles. The van der Waals surface area contributed by atoms with Crippen LogP contribution in [0.15, 0.2) is 34.7 Å². The second kappa shape index (κ2) is 7.09. The van der Waals surface area contributed by atoms with E-state index in [-0.39, 0.29) is 17.0 Å². The van der Waals surface area contributed by atoms with E-state index in [0.717, 1.165) is 18.6 Å². The van der Waals surface area contributed by atoms with Gasteiger partial charge in [0.1, 0.15) is 18.1 Å². The Morgan fingerprint density at radius 2 is 2.13 bits per heavy atom. The minimum atomic E-state index is -0.258. The van der Waals surface area contributed by atoms with Crippen molar-refractivity contribution >= 4 is 17.5 Å². The highest BCUT2D eigenvalue weighted by Crippen LogP contribution is 2.26. The second-order valence-electron chi connectivity index (χ2n) is 5.71. The van der Waals surface area contributed by atoms with Crippen LogP contribution in [0, 0.1) is 0 Å². The summed E-state index contributed by atoms with van der Waals surface area (Å²) >= 11 is 5.91. The SMILES string of the molecule is CC(Cl)c1ccc(C(=O)NCCOc2ccc3c(c2)CCC3)o1. The minimum absolute atomic E-state index is 0.250. The monoisotopic (exact) mass is 333 g/mol. The predicted molar refractivity (Wildman–Crippen MR) is 89.3 cm³/mol. The van der Waals surface area contributed by atoms with Gasteiger partial charge in [0.2, 0.25) is 0 Å². The molecular weight excluding hydrogens is 314 g/mol. The number of benzene rings is 1. The van der Waals surface area contributed by atoms with Crippen molar-refractivity contribution in [1.82, 2.24) is 5.32 Å². The van der Waals surface area contributed by atoms with Gasteiger partial charge in [0.15, 0.2) is 5.76 Å². The van der Waals surface area contributed by atoms with Gasteiger partial charge in [0, 0.05) is 0 Å². The van der Waals surface area contributed by atoms with Crippen LogP contribution >= 0.6 is 11.6 Å². The van der Waals surface area contributed by atoms with Crippen molar-refractivity contribution < 1.29 is 13.9 Å². The summed E-state index contributed by atoms with van der Waals surface area (Å²) < 4.78 is 11.1. The number of hydrogen-bond acceptors (Lipinski definition) is 3. The van der Waals surface area contributed by atoms with Gasteiger partial charge in [0.25, 0.3) is 5.91 Å². The molecule has 23 heavy (non-hydrogen) atoms. The lowest BCUT2D eigenvalue weighted by molar-refractivity contribution is 0.0917. The Balaban J connectivity index is 1.45. The fraction of sp³-hybridized carbons (Fsp3) is 0.389. The van der Waals surface area contributed by atoms with E-state index in [1.54, 1.807) is 19.1 Å². The lowest BCUT2D eigenvalue weighted by atomic mass is 10.1. The zero-order chi connectivity index (χ0) is 16.2. The Morgan fingerprint density at radius 1 is 1.30 bits per heavy atom. The molecule has 0 saturated carbocycles. The van der Waals surface area contributed by atoms with Gasteiger partial charge in [-0.05, 0) is 61.6 Å². The normalized spacial score (nSPS) is 14.3. The van der Waals surface area contributed by atoms with Gasteiger partial charge in [-0.1, -0.05) is 6.07 Å². The largest absolute Gasteiger partial charge is 0.492 e. The highest BCUT2D eigenvalue weighted by atomic mass is 35.5. The van der Waals surface area contributed by atoms with Crippen molar-refractivity contribution in [2.45, 2.75) is 31.6 Å². The summed E-state index contributed by atoms with van der Waals surface area (Å²) in [5, 5.41) is 2.52. The maximum atomic E-state index is 11.9. The second-order valence-corrected chi connectivity index (χ2v) is 6.36. The highest BCUT2D eigenvalue weighted by Gasteiger charge is 2.14. The first-order valence-corrected chi connectivity index (χ1v) is 8.34. The smallest absolute Gasteiger partial charge is 0.287 e. The summed E-state index contributed by atoms with van der Waals surface area (Å²) in [6.45, 7) is 2.64. The number of nitrogens with one attached hydrogen (secondary N) is 1. The Kier molecular flexibility index (Phi) is 4.91. The lowest BCUT2D eigenvalue weighted by Crippen LogP contribution is -2.27. The minimum Gasteiger partial charge on any atom is -0.492 e. The molecule has 5 heteroatoms. The molecule has 0 saturated heterocycles. The standard InChI is InChI=1S/C18H20ClNO3/c1-12(19)16-7-8-17(23-16)18(21)20-9-10-22-15-6-5-13-3-2-4-14(13)11-15/h5-8,11-12H,2-4,9-10H2,1H3,(H,20,21). The summed E-state index contributed by atoms with van der Waals surface area (Å²) in [6.07, 6.45) is 3.52. The van der Waals surface area contributed by atoms with Crippen LogP contribution in [0.2, 0.25) is 0 Å². The topological polar surface area (TPSA) is 51.5 Å². The number of carbonyl (C=O) groups excluding carboxylic acids is 1. The Hall–Kier alpha value is -1.94. The fourth-order valence-electron chi connectivity index (χ4n) is 2.75. The maximum Gasteiger partial charge on any atom is 0.287 e. The summed E-state index contributed by atoms with van der Waals surface area (Å²) in [5.74, 6) is 1.46. The van der Waals surface area contributed by atoms with Crippen LogP contribution in [0.25, 0.3) is 0 Å². The maximum absolute atomic E-state index is 11.9. The number of furan rings is 1. The van der Waals surface area contributed by atoms with Crippen LogP contribution in [0.4, 0.5) is 0 Å². The molecular formula is C18H20ClNO3. The molecule has 1 atom stereocenters. The van der Waals surface area contributed by atoms with Crippen LogP contribution in [-0.4, -0.2) is 19.1 Å². The van der Waals surface area contributed by atoms with E-state index < -0.39 is 0 Å². The Labute approximate surface area is 140 Å². The van der Waals surface area contributed by atoms with E-state index in [1.807, 2.05) is 6.07 Å². The average molecular weight is 334 g/mol. The molecule has 3 rings (SSSR count). The molecule has 1 aromatic heterocycles. The third-order valence-corrected chi connectivity index (χ3v) is 4.18. The quantitative estimate of drug-likeness (QED) is 0.644. The van der Waals surface area contributed by atoms with Gasteiger partial charge in [-0.25, -0.2) is 0 Å². The molecule has 0 aliphatic heterocycles. The van der Waals surface area contributed by atoms with Crippen molar-refractivity contribution in [3.05, 3.63) is 53.0 Å². The molecule has 1 unspecified atom stereocenters. The van der Waals surface area contributed by atoms with Gasteiger partial charge in [-0.2, -0.15) is 0 Å². The molecule has 4 nitrogen and oxygen atoms in total. The van der Waals surface area contributed by atoms with Crippen LogP contribution < -0.4 is 10.1 Å². The Bertz CT molecular complexity index is 693. The third kappa shape index (κ3) is 3.88. The molecule has 1 heterocycles. The molecule has 1 aliphatic rings. The number of rotatable bonds is 6. The summed E-state index contributed by atoms with van der Waals surface area (Å²) in [5.41, 5.74) is 2.80. The van der Waals surface area contributed by atoms with Gasteiger partial charge in [-0.15, -0.1) is 11.6 Å². The van der Waals surface area contributed by atoms with Gasteiger partial charge >= 0.3 is 0 Å². The van der Waals surface area contributed by atoms with E-state index in [0.29, 0.717) is 18.9 Å². The number of amides is 1. The molecule has 1 N–H and O–H groups in total. The predicted octanol–water partition coefficient (Wildman–Crippen LogP) is 3.88. The van der Waals surface area contributed by atoms with Crippen molar-refractivity contribution in [2.24, 2.45) is 0 Å². The van der Waals surface area contributed by atoms with E-state index in [9.17, 15) is 4.79 Å². The number of aryl methyl sites for hydroxylation is 2. The van der Waals surface area contributed by atoms with Crippen LogP contribution in [0.5, 0.6) is 5.75 Å². The lowest BCUT2D eigenvalue weighted by Gasteiger charge is -2.08. The van der Waals surface area contributed by atoms with E-state index in [1.165, 1.54) is 17.5 Å². The Morgan fingerprint density at radius 3 is 2.91 bits per heavy atom. The number of alkyl halides is 1. The number of fused-ring (bicyclic) bond motifs is 1. The van der Waals surface area contributed by atoms with Crippen LogP contribution in [0.3, 0.4) is 0 Å². The van der Waals surface area contributed by atoms with Gasteiger partial charge in [-0.3, -0.25) is 4.79 Å². The molecule has 1 aromatic carbocycles. The van der Waals surface area contributed by atoms with Crippen molar-refractivity contribution in [3.63, 3.8) is 0 Å². The molecule has 1 amide bonds. The highest BCUT2D eigenvalue weighted by molar-refractivity contribution is 6.20. The van der Waals surface area contributed by atoms with Crippen molar-refractivity contribution in [3.8, 4) is 5.75 Å². The first kappa shape index (κ1) is 15.9. The molecule has 2 aromatic rings. The zero-order valence-corrected chi connectivity index (χ0v) is 13.9. The van der Waals surface area contributed by atoms with E-state index in [2.05, 4.69) is 17.4 Å². The number of hydrogen-bond donors (Lipinski definition) is 1. The van der Waals surface area contributed by atoms with Crippen molar-refractivity contribution in [2.75, 3.05) is 13.2 Å². The molecule has 0 spiro atoms. The summed E-state index contributed by atoms with van der Waals surface area (Å²) in [4.78, 5) is 11.9. The summed E-state index contributed by atoms with van der Waals surface area (Å²) in [7, 11) is 0. The molecule has 0 fully saturated rings. The van der Waals surface area contributed by atoms with Crippen molar-refractivity contribution in [1.29, 1.82) is 0 Å². The molecule has 0 bridgehead atoms. The number of ether oxygens (including phenoxy) is 1. The zero-order valence-electron chi connectivity index (χ0n) is 13.1. The first-order valence-electron chi connectivity index (χ1n) is 7.90. The molecule has 0 radical (unpaired) electrons. The number of halogens is 1. The van der Waals surface area contributed by atoms with Gasteiger partial charge < -0.3 is 14.5 Å². The third-order valence-electron chi connectivity index (χ3n) is 3.97. The van der Waals surface area contributed by atoms with E-state index in [4.69, 9.17) is 20.8 Å². The average Bonchev–Trinajstić information content (AvgIpc) is 3.19.